The highest BCUT2D eigenvalue weighted by atomic mass is 19.4. The van der Waals surface area contributed by atoms with Gasteiger partial charge in [-0.05, 0) is 92.3 Å². The van der Waals surface area contributed by atoms with Gasteiger partial charge in [0.05, 0.1) is 5.92 Å². The summed E-state index contributed by atoms with van der Waals surface area (Å²) < 4.78 is 40.2. The first-order valence-electron chi connectivity index (χ1n) is 10.8. The number of rotatable bonds is 2. The van der Waals surface area contributed by atoms with Crippen LogP contribution in [0, 0.1) is 40.4 Å². The molecule has 8 atom stereocenters. The lowest BCUT2D eigenvalue weighted by molar-refractivity contribution is -0.212. The van der Waals surface area contributed by atoms with Gasteiger partial charge in [-0.25, -0.2) is 0 Å². The summed E-state index contributed by atoms with van der Waals surface area (Å²) in [5.41, 5.74) is 6.17. The van der Waals surface area contributed by atoms with Crippen molar-refractivity contribution in [2.45, 2.75) is 89.8 Å². The van der Waals surface area contributed by atoms with E-state index in [2.05, 4.69) is 13.8 Å². The Balaban J connectivity index is 1.60. The zero-order valence-electron chi connectivity index (χ0n) is 16.7. The van der Waals surface area contributed by atoms with Gasteiger partial charge < -0.3 is 10.5 Å². The molecule has 0 amide bonds. The minimum atomic E-state index is -4.12. The van der Waals surface area contributed by atoms with E-state index in [4.69, 9.17) is 5.73 Å². The maximum atomic E-state index is 13.4. The number of nitrogens with two attached hydrogens (primary N) is 1. The molecular formula is C22H34F3NO. The standard InChI is InChI=1S/C22H34F3NO/c1-19-9-7-18-16(17(19)4-3-14(19)8-12-27)6-11-21(26)13-15(22(23,24)25)5-10-20(18,21)2/h12,14-18H,3-11,13,26H2,1-2H3/t14?,15?,16-,17?,18?,19+,20+,21-/m0/s1. The zero-order chi connectivity index (χ0) is 19.7. The fourth-order valence-corrected chi connectivity index (χ4v) is 8.24. The van der Waals surface area contributed by atoms with Crippen LogP contribution < -0.4 is 5.73 Å². The van der Waals surface area contributed by atoms with Crippen LogP contribution in [-0.2, 0) is 4.79 Å². The van der Waals surface area contributed by atoms with Crippen LogP contribution in [0.25, 0.3) is 0 Å². The highest BCUT2D eigenvalue weighted by molar-refractivity contribution is 5.50. The van der Waals surface area contributed by atoms with Gasteiger partial charge in [0.15, 0.2) is 0 Å². The van der Waals surface area contributed by atoms with Crippen molar-refractivity contribution in [3.05, 3.63) is 0 Å². The van der Waals surface area contributed by atoms with Crippen molar-refractivity contribution in [1.29, 1.82) is 0 Å². The summed E-state index contributed by atoms with van der Waals surface area (Å²) in [6, 6.07) is 0. The molecule has 154 valence electrons. The fourth-order valence-electron chi connectivity index (χ4n) is 8.24. The van der Waals surface area contributed by atoms with Gasteiger partial charge >= 0.3 is 6.18 Å². The number of carbonyl (C=O) groups excluding carboxylic acids is 1. The molecule has 0 saturated heterocycles. The Labute approximate surface area is 160 Å². The molecule has 0 heterocycles. The lowest BCUT2D eigenvalue weighted by Gasteiger charge is -2.65. The van der Waals surface area contributed by atoms with Gasteiger partial charge in [-0.2, -0.15) is 13.2 Å². The van der Waals surface area contributed by atoms with Gasteiger partial charge in [0.25, 0.3) is 0 Å². The van der Waals surface area contributed by atoms with Crippen LogP contribution in [0.5, 0.6) is 0 Å². The summed E-state index contributed by atoms with van der Waals surface area (Å²) in [5.74, 6) is 0.884. The van der Waals surface area contributed by atoms with Gasteiger partial charge in [0.1, 0.15) is 6.29 Å². The number of alkyl halides is 3. The minimum Gasteiger partial charge on any atom is -0.325 e. The third kappa shape index (κ3) is 2.73. The zero-order valence-corrected chi connectivity index (χ0v) is 16.7. The number of hydrogen-bond donors (Lipinski definition) is 1. The van der Waals surface area contributed by atoms with Crippen molar-refractivity contribution < 1.29 is 18.0 Å². The summed E-state index contributed by atoms with van der Waals surface area (Å²) in [6.07, 6.45) is 4.73. The van der Waals surface area contributed by atoms with Crippen LogP contribution in [-0.4, -0.2) is 18.0 Å². The summed E-state index contributed by atoms with van der Waals surface area (Å²) in [4.78, 5) is 11.1. The highest BCUT2D eigenvalue weighted by Crippen LogP contribution is 2.69. The predicted octanol–water partition coefficient (Wildman–Crippen LogP) is 5.49. The quantitative estimate of drug-likeness (QED) is 0.638. The van der Waals surface area contributed by atoms with E-state index in [-0.39, 0.29) is 23.7 Å². The number of hydrogen-bond acceptors (Lipinski definition) is 2. The Morgan fingerprint density at radius 3 is 2.41 bits per heavy atom. The maximum Gasteiger partial charge on any atom is 0.391 e. The van der Waals surface area contributed by atoms with Crippen molar-refractivity contribution in [2.24, 2.45) is 46.2 Å². The van der Waals surface area contributed by atoms with E-state index in [0.29, 0.717) is 36.5 Å². The largest absolute Gasteiger partial charge is 0.391 e. The van der Waals surface area contributed by atoms with Crippen LogP contribution in [0.3, 0.4) is 0 Å². The lowest BCUT2D eigenvalue weighted by atomic mass is 9.42. The average Bonchev–Trinajstić information content (AvgIpc) is 2.91. The van der Waals surface area contributed by atoms with Crippen molar-refractivity contribution in [3.63, 3.8) is 0 Å². The Bertz CT molecular complexity index is 607. The lowest BCUT2D eigenvalue weighted by Crippen LogP contribution is -2.67. The number of aldehydes is 1. The van der Waals surface area contributed by atoms with Crippen molar-refractivity contribution in [2.75, 3.05) is 0 Å². The molecule has 4 rings (SSSR count). The van der Waals surface area contributed by atoms with Crippen LogP contribution in [0.1, 0.15) is 78.1 Å². The molecule has 0 bridgehead atoms. The van der Waals surface area contributed by atoms with Gasteiger partial charge in [0.2, 0.25) is 0 Å². The molecule has 27 heavy (non-hydrogen) atoms. The average molecular weight is 386 g/mol. The van der Waals surface area contributed by atoms with Crippen molar-refractivity contribution >= 4 is 6.29 Å². The molecule has 2 N–H and O–H groups in total. The molecule has 4 aliphatic rings. The smallest absolute Gasteiger partial charge is 0.325 e. The molecule has 0 aromatic heterocycles. The minimum absolute atomic E-state index is 0.103. The Morgan fingerprint density at radius 2 is 1.74 bits per heavy atom. The van der Waals surface area contributed by atoms with E-state index >= 15 is 0 Å². The van der Waals surface area contributed by atoms with E-state index < -0.39 is 17.6 Å². The van der Waals surface area contributed by atoms with Crippen molar-refractivity contribution in [1.82, 2.24) is 0 Å². The summed E-state index contributed by atoms with van der Waals surface area (Å²) >= 11 is 0. The Morgan fingerprint density at radius 1 is 1.00 bits per heavy atom. The summed E-state index contributed by atoms with van der Waals surface area (Å²) in [7, 11) is 0. The number of carbonyl (C=O) groups is 1. The first-order valence-corrected chi connectivity index (χ1v) is 10.8. The molecule has 4 saturated carbocycles. The molecule has 4 fully saturated rings. The van der Waals surface area contributed by atoms with Crippen LogP contribution in [0.15, 0.2) is 0 Å². The highest BCUT2D eigenvalue weighted by Gasteiger charge is 2.65. The molecule has 5 heteroatoms. The monoisotopic (exact) mass is 385 g/mol. The van der Waals surface area contributed by atoms with Gasteiger partial charge in [0, 0.05) is 12.0 Å². The van der Waals surface area contributed by atoms with Crippen LogP contribution in [0.4, 0.5) is 13.2 Å². The second-order valence-corrected chi connectivity index (χ2v) is 10.7. The fraction of sp³-hybridized carbons (Fsp3) is 0.955. The summed E-state index contributed by atoms with van der Waals surface area (Å²) in [5, 5.41) is 0. The Hall–Kier alpha value is -0.580. The first kappa shape index (κ1) is 19.7. The molecule has 2 nitrogen and oxygen atoms in total. The molecule has 0 aromatic carbocycles. The summed E-state index contributed by atoms with van der Waals surface area (Å²) in [6.45, 7) is 4.58. The molecule has 0 radical (unpaired) electrons. The third-order valence-electron chi connectivity index (χ3n) is 9.98. The molecule has 4 unspecified atom stereocenters. The van der Waals surface area contributed by atoms with E-state index in [1.807, 2.05) is 0 Å². The van der Waals surface area contributed by atoms with Crippen LogP contribution >= 0.6 is 0 Å². The number of fused-ring (bicyclic) bond motifs is 5. The van der Waals surface area contributed by atoms with Crippen molar-refractivity contribution in [3.8, 4) is 0 Å². The number of halogens is 3. The maximum absolute atomic E-state index is 13.4. The normalized spacial score (nSPS) is 52.6. The topological polar surface area (TPSA) is 43.1 Å². The second kappa shape index (κ2) is 6.21. The molecular weight excluding hydrogens is 351 g/mol. The molecule has 4 aliphatic carbocycles. The second-order valence-electron chi connectivity index (χ2n) is 10.7. The Kier molecular flexibility index (Phi) is 4.53. The van der Waals surface area contributed by atoms with E-state index in [1.165, 1.54) is 6.42 Å². The molecule has 0 aromatic rings. The van der Waals surface area contributed by atoms with E-state index in [1.54, 1.807) is 0 Å². The van der Waals surface area contributed by atoms with Crippen LogP contribution in [0.2, 0.25) is 0 Å². The molecule has 0 spiro atoms. The van der Waals surface area contributed by atoms with E-state index in [9.17, 15) is 18.0 Å². The predicted molar refractivity (Wildman–Crippen MR) is 98.9 cm³/mol. The van der Waals surface area contributed by atoms with E-state index in [0.717, 1.165) is 38.4 Å². The SMILES string of the molecule is C[C@]12CCC3[C@@H](CC[C@]4(N)CC(C(F)(F)F)CC[C@]34C)C1CCC2CC=O. The molecule has 0 aliphatic heterocycles. The van der Waals surface area contributed by atoms with Gasteiger partial charge in [-0.15, -0.1) is 0 Å². The third-order valence-corrected chi connectivity index (χ3v) is 9.98. The van der Waals surface area contributed by atoms with Gasteiger partial charge in [-0.3, -0.25) is 0 Å². The first-order chi connectivity index (χ1) is 12.6. The van der Waals surface area contributed by atoms with Gasteiger partial charge in [-0.1, -0.05) is 13.8 Å².